The van der Waals surface area contributed by atoms with E-state index in [9.17, 15) is 9.59 Å². The number of amides is 2. The number of carbonyl (C=O) groups excluding carboxylic acids is 2. The van der Waals surface area contributed by atoms with Gasteiger partial charge in [0.05, 0.1) is 5.02 Å². The van der Waals surface area contributed by atoms with E-state index in [0.29, 0.717) is 48.3 Å². The number of carbonyl (C=O) groups is 2. The monoisotopic (exact) mass is 310 g/mol. The lowest BCUT2D eigenvalue weighted by Crippen LogP contribution is -2.50. The third-order valence-electron chi connectivity index (χ3n) is 3.69. The van der Waals surface area contributed by atoms with Crippen molar-refractivity contribution in [2.45, 2.75) is 6.92 Å². The first-order valence-corrected chi connectivity index (χ1v) is 7.08. The molecule has 1 aromatic carbocycles. The van der Waals surface area contributed by atoms with E-state index in [0.717, 1.165) is 0 Å². The number of piperazine rings is 1. The van der Waals surface area contributed by atoms with E-state index in [-0.39, 0.29) is 18.6 Å². The third-order valence-corrected chi connectivity index (χ3v) is 3.97. The van der Waals surface area contributed by atoms with Crippen LogP contribution in [-0.2, 0) is 4.79 Å². The van der Waals surface area contributed by atoms with Crippen molar-refractivity contribution in [2.75, 3.05) is 33.0 Å². The Bertz CT molecular complexity index is 597. The second kappa shape index (κ2) is 5.44. The second-order valence-corrected chi connectivity index (χ2v) is 5.40. The van der Waals surface area contributed by atoms with Crippen LogP contribution in [0.4, 0.5) is 0 Å². The maximum absolute atomic E-state index is 12.5. The molecule has 0 radical (unpaired) electrons. The summed E-state index contributed by atoms with van der Waals surface area (Å²) in [5, 5.41) is 0.371. The Morgan fingerprint density at radius 2 is 1.76 bits per heavy atom. The van der Waals surface area contributed by atoms with Gasteiger partial charge in [0, 0.05) is 38.7 Å². The highest BCUT2D eigenvalue weighted by Crippen LogP contribution is 2.40. The summed E-state index contributed by atoms with van der Waals surface area (Å²) in [5.41, 5.74) is 0.473. The molecule has 2 heterocycles. The molecule has 0 spiro atoms. The fourth-order valence-electron chi connectivity index (χ4n) is 2.50. The van der Waals surface area contributed by atoms with Crippen LogP contribution in [-0.4, -0.2) is 54.6 Å². The van der Waals surface area contributed by atoms with E-state index in [1.807, 2.05) is 0 Å². The van der Waals surface area contributed by atoms with Crippen LogP contribution in [0.15, 0.2) is 12.1 Å². The summed E-state index contributed by atoms with van der Waals surface area (Å²) in [4.78, 5) is 27.2. The number of ether oxygens (including phenoxy) is 2. The molecule has 0 saturated carbocycles. The first-order chi connectivity index (χ1) is 10.1. The number of benzene rings is 1. The van der Waals surface area contributed by atoms with E-state index in [1.165, 1.54) is 6.92 Å². The van der Waals surface area contributed by atoms with E-state index >= 15 is 0 Å². The highest BCUT2D eigenvalue weighted by molar-refractivity contribution is 6.32. The molecule has 2 amide bonds. The van der Waals surface area contributed by atoms with Gasteiger partial charge in [0.2, 0.25) is 12.7 Å². The standard InChI is InChI=1S/C14H15ClN2O4/c1-9(18)16-2-4-17(5-3-16)14(19)10-6-11(15)13-12(7-10)20-8-21-13/h6-7H,2-5,8H2,1H3. The molecule has 21 heavy (non-hydrogen) atoms. The summed E-state index contributed by atoms with van der Waals surface area (Å²) in [6, 6.07) is 3.24. The fourth-order valence-corrected chi connectivity index (χ4v) is 2.76. The summed E-state index contributed by atoms with van der Waals surface area (Å²) in [6.45, 7) is 3.80. The Kier molecular flexibility index (Phi) is 3.63. The topological polar surface area (TPSA) is 59.1 Å². The molecular formula is C14H15ClN2O4. The number of fused-ring (bicyclic) bond motifs is 1. The molecule has 0 aliphatic carbocycles. The van der Waals surface area contributed by atoms with Gasteiger partial charge < -0.3 is 19.3 Å². The first kappa shape index (κ1) is 14.0. The van der Waals surface area contributed by atoms with Crippen LogP contribution in [0.3, 0.4) is 0 Å². The van der Waals surface area contributed by atoms with Crippen molar-refractivity contribution in [1.82, 2.24) is 9.80 Å². The number of nitrogens with zero attached hydrogens (tertiary/aromatic N) is 2. The van der Waals surface area contributed by atoms with Crippen LogP contribution in [0.5, 0.6) is 11.5 Å². The van der Waals surface area contributed by atoms with E-state index in [4.69, 9.17) is 21.1 Å². The lowest BCUT2D eigenvalue weighted by atomic mass is 10.1. The van der Waals surface area contributed by atoms with Gasteiger partial charge >= 0.3 is 0 Å². The quantitative estimate of drug-likeness (QED) is 0.786. The third kappa shape index (κ3) is 2.63. The summed E-state index contributed by atoms with van der Waals surface area (Å²) in [6.07, 6.45) is 0. The van der Waals surface area contributed by atoms with Gasteiger partial charge in [0.1, 0.15) is 0 Å². The zero-order chi connectivity index (χ0) is 15.0. The minimum Gasteiger partial charge on any atom is -0.454 e. The fraction of sp³-hybridized carbons (Fsp3) is 0.429. The van der Waals surface area contributed by atoms with Gasteiger partial charge in [-0.25, -0.2) is 0 Å². The first-order valence-electron chi connectivity index (χ1n) is 6.70. The average molecular weight is 311 g/mol. The molecule has 0 atom stereocenters. The van der Waals surface area contributed by atoms with E-state index in [2.05, 4.69) is 0 Å². The second-order valence-electron chi connectivity index (χ2n) is 4.99. The van der Waals surface area contributed by atoms with Crippen molar-refractivity contribution in [3.8, 4) is 11.5 Å². The van der Waals surface area contributed by atoms with Gasteiger partial charge in [-0.3, -0.25) is 9.59 Å². The lowest BCUT2D eigenvalue weighted by molar-refractivity contribution is -0.130. The maximum atomic E-state index is 12.5. The smallest absolute Gasteiger partial charge is 0.254 e. The average Bonchev–Trinajstić information content (AvgIpc) is 2.95. The molecule has 6 nitrogen and oxygen atoms in total. The molecule has 1 fully saturated rings. The number of halogens is 1. The number of hydrogen-bond acceptors (Lipinski definition) is 4. The molecule has 7 heteroatoms. The maximum Gasteiger partial charge on any atom is 0.254 e. The van der Waals surface area contributed by atoms with Crippen molar-refractivity contribution in [1.29, 1.82) is 0 Å². The molecule has 2 aliphatic rings. The molecule has 0 aromatic heterocycles. The summed E-state index contributed by atoms with van der Waals surface area (Å²) in [7, 11) is 0. The molecule has 3 rings (SSSR count). The van der Waals surface area contributed by atoms with Crippen LogP contribution in [0.1, 0.15) is 17.3 Å². The van der Waals surface area contributed by atoms with E-state index < -0.39 is 0 Å². The van der Waals surface area contributed by atoms with Gasteiger partial charge in [-0.1, -0.05) is 11.6 Å². The van der Waals surface area contributed by atoms with Crippen LogP contribution in [0, 0.1) is 0 Å². The van der Waals surface area contributed by atoms with Crippen molar-refractivity contribution < 1.29 is 19.1 Å². The van der Waals surface area contributed by atoms with Crippen molar-refractivity contribution in [3.05, 3.63) is 22.7 Å². The Balaban J connectivity index is 1.75. The summed E-state index contributed by atoms with van der Waals surface area (Å²) in [5.74, 6) is 0.898. The molecule has 0 unspecified atom stereocenters. The summed E-state index contributed by atoms with van der Waals surface area (Å²) >= 11 is 6.09. The van der Waals surface area contributed by atoms with Crippen LogP contribution in [0.25, 0.3) is 0 Å². The SMILES string of the molecule is CC(=O)N1CCN(C(=O)c2cc(Cl)c3c(c2)OCO3)CC1. The number of hydrogen-bond donors (Lipinski definition) is 0. The Morgan fingerprint density at radius 3 is 2.43 bits per heavy atom. The molecule has 1 saturated heterocycles. The highest BCUT2D eigenvalue weighted by Gasteiger charge is 2.26. The highest BCUT2D eigenvalue weighted by atomic mass is 35.5. The van der Waals surface area contributed by atoms with Gasteiger partial charge in [-0.2, -0.15) is 0 Å². The minimum atomic E-state index is -0.113. The molecule has 0 N–H and O–H groups in total. The predicted octanol–water partition coefficient (Wildman–Crippen LogP) is 1.37. The largest absolute Gasteiger partial charge is 0.454 e. The van der Waals surface area contributed by atoms with Crippen LogP contribution < -0.4 is 9.47 Å². The van der Waals surface area contributed by atoms with Crippen molar-refractivity contribution in [2.24, 2.45) is 0 Å². The summed E-state index contributed by atoms with van der Waals surface area (Å²) < 4.78 is 10.5. The zero-order valence-corrected chi connectivity index (χ0v) is 12.4. The van der Waals surface area contributed by atoms with Crippen molar-refractivity contribution >= 4 is 23.4 Å². The molecular weight excluding hydrogens is 296 g/mol. The molecule has 0 bridgehead atoms. The lowest BCUT2D eigenvalue weighted by Gasteiger charge is -2.34. The van der Waals surface area contributed by atoms with Gasteiger partial charge in [-0.05, 0) is 12.1 Å². The molecule has 1 aromatic rings. The van der Waals surface area contributed by atoms with Gasteiger partial charge in [-0.15, -0.1) is 0 Å². The van der Waals surface area contributed by atoms with Gasteiger partial charge in [0.15, 0.2) is 11.5 Å². The normalized spacial score (nSPS) is 17.0. The Hall–Kier alpha value is -1.95. The van der Waals surface area contributed by atoms with Crippen LogP contribution in [0.2, 0.25) is 5.02 Å². The predicted molar refractivity (Wildman–Crippen MR) is 75.7 cm³/mol. The minimum absolute atomic E-state index is 0.0354. The number of rotatable bonds is 1. The Labute approximate surface area is 127 Å². The zero-order valence-electron chi connectivity index (χ0n) is 11.6. The molecule has 112 valence electrons. The van der Waals surface area contributed by atoms with Crippen LogP contribution >= 0.6 is 11.6 Å². The Morgan fingerprint density at radius 1 is 1.10 bits per heavy atom. The van der Waals surface area contributed by atoms with Gasteiger partial charge in [0.25, 0.3) is 5.91 Å². The van der Waals surface area contributed by atoms with E-state index in [1.54, 1.807) is 21.9 Å². The molecule has 2 aliphatic heterocycles. The van der Waals surface area contributed by atoms with Crippen molar-refractivity contribution in [3.63, 3.8) is 0 Å².